The molecule has 4 heteroatoms. The first kappa shape index (κ1) is 15.6. The highest BCUT2D eigenvalue weighted by molar-refractivity contribution is 5.58. The third-order valence-electron chi connectivity index (χ3n) is 3.21. The van der Waals surface area contributed by atoms with E-state index in [1.54, 1.807) is 0 Å². The molecule has 1 aromatic carbocycles. The van der Waals surface area contributed by atoms with Crippen molar-refractivity contribution in [1.82, 2.24) is 0 Å². The molecule has 1 fully saturated rings. The van der Waals surface area contributed by atoms with Gasteiger partial charge in [-0.25, -0.2) is 0 Å². The quantitative estimate of drug-likeness (QED) is 0.751. The molecule has 21 heavy (non-hydrogen) atoms. The molecule has 4 nitrogen and oxygen atoms in total. The smallest absolute Gasteiger partial charge is 0.199 e. The van der Waals surface area contributed by atoms with Crippen LogP contribution in [0.15, 0.2) is 29.8 Å². The van der Waals surface area contributed by atoms with Crippen LogP contribution in [0.1, 0.15) is 31.7 Å². The van der Waals surface area contributed by atoms with Crippen LogP contribution < -0.4 is 4.74 Å². The second-order valence-electron chi connectivity index (χ2n) is 4.90. The van der Waals surface area contributed by atoms with E-state index in [0.717, 1.165) is 37.2 Å². The van der Waals surface area contributed by atoms with Crippen molar-refractivity contribution >= 4 is 6.08 Å². The second-order valence-corrected chi connectivity index (χ2v) is 4.90. The largest absolute Gasteiger partial charge is 0.465 e. The zero-order chi connectivity index (χ0) is 14.9. The average Bonchev–Trinajstić information content (AvgIpc) is 2.53. The normalized spacial score (nSPS) is 19.0. The van der Waals surface area contributed by atoms with Gasteiger partial charge < -0.3 is 14.2 Å². The van der Waals surface area contributed by atoms with Crippen LogP contribution in [0.3, 0.4) is 0 Å². The Bertz CT molecular complexity index is 513. The van der Waals surface area contributed by atoms with Crippen molar-refractivity contribution in [3.8, 4) is 11.8 Å². The van der Waals surface area contributed by atoms with Crippen LogP contribution in [0, 0.1) is 11.3 Å². The topological polar surface area (TPSA) is 51.5 Å². The molecule has 1 heterocycles. The maximum absolute atomic E-state index is 9.09. The summed E-state index contributed by atoms with van der Waals surface area (Å²) in [7, 11) is 0. The summed E-state index contributed by atoms with van der Waals surface area (Å²) >= 11 is 0. The van der Waals surface area contributed by atoms with Crippen molar-refractivity contribution < 1.29 is 14.2 Å². The monoisotopic (exact) mass is 287 g/mol. The number of ether oxygens (including phenoxy) is 3. The molecule has 0 amide bonds. The minimum Gasteiger partial charge on any atom is -0.465 e. The Hall–Kier alpha value is -1.83. The molecule has 0 aliphatic carbocycles. The minimum atomic E-state index is -0.156. The van der Waals surface area contributed by atoms with E-state index in [1.165, 1.54) is 0 Å². The molecule has 0 bridgehead atoms. The van der Waals surface area contributed by atoms with Crippen LogP contribution in [0.2, 0.25) is 0 Å². The van der Waals surface area contributed by atoms with Crippen molar-refractivity contribution in [2.75, 3.05) is 19.8 Å². The summed E-state index contributed by atoms with van der Waals surface area (Å²) in [6.07, 6.45) is 4.83. The zero-order valence-electron chi connectivity index (χ0n) is 12.4. The standard InChI is InChI=1S/C17H21NO3/c1-2-19-13-15(12-18)10-14-6-5-7-16(11-14)21-17-8-3-4-9-20-17/h5-7,10-11,17H,2-4,8-9,13H2,1H3/b15-10-. The van der Waals surface area contributed by atoms with Gasteiger partial charge in [0.2, 0.25) is 0 Å². The Morgan fingerprint density at radius 3 is 3.10 bits per heavy atom. The third-order valence-corrected chi connectivity index (χ3v) is 3.21. The lowest BCUT2D eigenvalue weighted by Crippen LogP contribution is -2.24. The van der Waals surface area contributed by atoms with Crippen LogP contribution in [0.4, 0.5) is 0 Å². The predicted octanol–water partition coefficient (Wildman–Crippen LogP) is 3.54. The zero-order valence-corrected chi connectivity index (χ0v) is 12.4. The molecule has 1 aliphatic heterocycles. The van der Waals surface area contributed by atoms with E-state index < -0.39 is 0 Å². The Balaban J connectivity index is 2.02. The van der Waals surface area contributed by atoms with Gasteiger partial charge in [-0.2, -0.15) is 5.26 Å². The molecule has 0 radical (unpaired) electrons. The maximum atomic E-state index is 9.09. The van der Waals surface area contributed by atoms with Crippen molar-refractivity contribution in [3.63, 3.8) is 0 Å². The summed E-state index contributed by atoms with van der Waals surface area (Å²) in [5.41, 5.74) is 1.53. The summed E-state index contributed by atoms with van der Waals surface area (Å²) in [6.45, 7) is 3.61. The van der Waals surface area contributed by atoms with Crippen molar-refractivity contribution in [2.45, 2.75) is 32.5 Å². The molecule has 0 saturated carbocycles. The van der Waals surface area contributed by atoms with Gasteiger partial charge in [0.15, 0.2) is 6.29 Å². The Kier molecular flexibility index (Phi) is 6.26. The number of nitriles is 1. The SMILES string of the molecule is CCOC/C(C#N)=C\c1cccc(OC2CCCCO2)c1. The van der Waals surface area contributed by atoms with Crippen molar-refractivity contribution in [2.24, 2.45) is 0 Å². The van der Waals surface area contributed by atoms with E-state index in [1.807, 2.05) is 37.3 Å². The van der Waals surface area contributed by atoms with Crippen LogP contribution in [-0.4, -0.2) is 26.1 Å². The van der Waals surface area contributed by atoms with E-state index in [9.17, 15) is 0 Å². The van der Waals surface area contributed by atoms with Gasteiger partial charge in [-0.15, -0.1) is 0 Å². The summed E-state index contributed by atoms with van der Waals surface area (Å²) < 4.78 is 16.7. The third kappa shape index (κ3) is 5.22. The fraction of sp³-hybridized carbons (Fsp3) is 0.471. The van der Waals surface area contributed by atoms with E-state index >= 15 is 0 Å². The molecule has 1 saturated heterocycles. The highest BCUT2D eigenvalue weighted by atomic mass is 16.7. The van der Waals surface area contributed by atoms with E-state index in [4.69, 9.17) is 19.5 Å². The molecule has 1 aromatic rings. The first-order chi connectivity index (χ1) is 10.3. The van der Waals surface area contributed by atoms with Gasteiger partial charge in [0, 0.05) is 13.0 Å². The van der Waals surface area contributed by atoms with E-state index in [2.05, 4.69) is 6.07 Å². The Morgan fingerprint density at radius 2 is 2.38 bits per heavy atom. The summed E-state index contributed by atoms with van der Waals surface area (Å²) in [5, 5.41) is 9.09. The number of nitrogens with zero attached hydrogens (tertiary/aromatic N) is 1. The van der Waals surface area contributed by atoms with Crippen LogP contribution in [0.25, 0.3) is 6.08 Å². The second kappa shape index (κ2) is 8.46. The van der Waals surface area contributed by atoms with E-state index in [0.29, 0.717) is 18.8 Å². The Labute approximate surface area is 125 Å². The average molecular weight is 287 g/mol. The van der Waals surface area contributed by atoms with Crippen molar-refractivity contribution in [1.29, 1.82) is 5.26 Å². The van der Waals surface area contributed by atoms with Crippen LogP contribution in [0.5, 0.6) is 5.75 Å². The molecule has 1 unspecified atom stereocenters. The summed E-state index contributed by atoms with van der Waals surface area (Å²) in [6, 6.07) is 9.84. The van der Waals surface area contributed by atoms with Gasteiger partial charge >= 0.3 is 0 Å². The first-order valence-corrected chi connectivity index (χ1v) is 7.38. The van der Waals surface area contributed by atoms with Gasteiger partial charge in [0.1, 0.15) is 5.75 Å². The number of benzene rings is 1. The van der Waals surface area contributed by atoms with Crippen LogP contribution >= 0.6 is 0 Å². The maximum Gasteiger partial charge on any atom is 0.199 e. The molecular formula is C17H21NO3. The van der Waals surface area contributed by atoms with Gasteiger partial charge in [-0.3, -0.25) is 0 Å². The van der Waals surface area contributed by atoms with Gasteiger partial charge in [-0.1, -0.05) is 12.1 Å². The van der Waals surface area contributed by atoms with Gasteiger partial charge in [0.05, 0.1) is 24.9 Å². The predicted molar refractivity (Wildman–Crippen MR) is 80.7 cm³/mol. The molecule has 0 spiro atoms. The number of hydrogen-bond acceptors (Lipinski definition) is 4. The molecule has 2 rings (SSSR count). The lowest BCUT2D eigenvalue weighted by Gasteiger charge is -2.23. The lowest BCUT2D eigenvalue weighted by molar-refractivity contribution is -0.105. The molecular weight excluding hydrogens is 266 g/mol. The minimum absolute atomic E-state index is 0.156. The fourth-order valence-electron chi connectivity index (χ4n) is 2.15. The van der Waals surface area contributed by atoms with Gasteiger partial charge in [0.25, 0.3) is 0 Å². The molecule has 0 aromatic heterocycles. The highest BCUT2D eigenvalue weighted by Gasteiger charge is 2.15. The number of hydrogen-bond donors (Lipinski definition) is 0. The summed E-state index contributed by atoms with van der Waals surface area (Å²) in [5.74, 6) is 0.768. The molecule has 1 atom stereocenters. The molecule has 0 N–H and O–H groups in total. The van der Waals surface area contributed by atoms with E-state index in [-0.39, 0.29) is 6.29 Å². The number of rotatable bonds is 6. The van der Waals surface area contributed by atoms with Gasteiger partial charge in [-0.05, 0) is 43.5 Å². The highest BCUT2D eigenvalue weighted by Crippen LogP contribution is 2.21. The summed E-state index contributed by atoms with van der Waals surface area (Å²) in [4.78, 5) is 0. The molecule has 1 aliphatic rings. The first-order valence-electron chi connectivity index (χ1n) is 7.38. The fourth-order valence-corrected chi connectivity index (χ4v) is 2.15. The van der Waals surface area contributed by atoms with Crippen molar-refractivity contribution in [3.05, 3.63) is 35.4 Å². The van der Waals surface area contributed by atoms with Crippen LogP contribution in [-0.2, 0) is 9.47 Å². The Morgan fingerprint density at radius 1 is 1.48 bits per heavy atom. The molecule has 112 valence electrons. The lowest BCUT2D eigenvalue weighted by atomic mass is 10.1.